The Bertz CT molecular complexity index is 1430. The molecule has 232 valence electrons. The summed E-state index contributed by atoms with van der Waals surface area (Å²) in [5.74, 6) is 0.0918. The highest BCUT2D eigenvalue weighted by Crippen LogP contribution is 2.36. The van der Waals surface area contributed by atoms with Crippen LogP contribution in [0.2, 0.25) is 0 Å². The Balaban J connectivity index is 1.25. The Labute approximate surface area is 238 Å². The van der Waals surface area contributed by atoms with Crippen LogP contribution in [0.15, 0.2) is 44.2 Å². The van der Waals surface area contributed by atoms with Gasteiger partial charge < -0.3 is 68.3 Å². The van der Waals surface area contributed by atoms with Gasteiger partial charge >= 0.3 is 5.63 Å². The molecule has 0 saturated carbocycles. The maximum absolute atomic E-state index is 11.9. The molecule has 1 aromatic carbocycles. The summed E-state index contributed by atoms with van der Waals surface area (Å²) in [5, 5.41) is 73.2. The first kappa shape index (κ1) is 30.8. The van der Waals surface area contributed by atoms with Gasteiger partial charge in [-0.25, -0.2) is 4.79 Å². The lowest BCUT2D eigenvalue weighted by Gasteiger charge is -2.44. The van der Waals surface area contributed by atoms with Crippen molar-refractivity contribution in [3.63, 3.8) is 0 Å². The second-order valence-electron chi connectivity index (χ2n) is 11.0. The largest absolute Gasteiger partial charge is 0.483 e. The van der Waals surface area contributed by atoms with Crippen LogP contribution in [-0.2, 0) is 18.9 Å². The molecule has 15 nitrogen and oxygen atoms in total. The van der Waals surface area contributed by atoms with E-state index in [2.05, 4.69) is 0 Å². The number of hydrogen-bond acceptors (Lipinski definition) is 15. The Morgan fingerprint density at radius 2 is 1.79 bits per heavy atom. The van der Waals surface area contributed by atoms with Crippen LogP contribution in [0.1, 0.15) is 13.8 Å². The summed E-state index contributed by atoms with van der Waals surface area (Å²) in [6.45, 7) is 0.923. The number of rotatable bonds is 10. The van der Waals surface area contributed by atoms with Gasteiger partial charge in [0.05, 0.1) is 31.7 Å². The molecule has 2 aliphatic rings. The Morgan fingerprint density at radius 1 is 1.05 bits per heavy atom. The van der Waals surface area contributed by atoms with E-state index < -0.39 is 85.9 Å². The van der Waals surface area contributed by atoms with E-state index in [1.54, 1.807) is 18.2 Å². The van der Waals surface area contributed by atoms with Gasteiger partial charge in [-0.05, 0) is 32.0 Å². The monoisotopic (exact) mass is 598 g/mol. The van der Waals surface area contributed by atoms with Gasteiger partial charge in [-0.1, -0.05) is 0 Å². The first-order chi connectivity index (χ1) is 19.8. The third-order valence-corrected chi connectivity index (χ3v) is 7.56. The Morgan fingerprint density at radius 3 is 2.50 bits per heavy atom. The summed E-state index contributed by atoms with van der Waals surface area (Å²) in [5.41, 5.74) is -3.60. The van der Waals surface area contributed by atoms with Crippen LogP contribution in [0.3, 0.4) is 0 Å². The third kappa shape index (κ3) is 5.78. The molecule has 0 bridgehead atoms. The number of benzene rings is 1. The second kappa shape index (κ2) is 11.8. The van der Waals surface area contributed by atoms with Crippen molar-refractivity contribution in [1.82, 2.24) is 0 Å². The van der Waals surface area contributed by atoms with Crippen LogP contribution in [0.5, 0.6) is 5.75 Å². The third-order valence-electron chi connectivity index (χ3n) is 7.56. The molecule has 0 spiro atoms. The average molecular weight is 599 g/mol. The van der Waals surface area contributed by atoms with Gasteiger partial charge in [0, 0.05) is 16.8 Å². The van der Waals surface area contributed by atoms with Gasteiger partial charge in [-0.3, -0.25) is 0 Å². The SMILES string of the molecule is CC(C)(O[C@@H]1O[C@H](CO[C@@H]2OC[C@](O)(CO)[C@H]2O)[C@@H](O)[C@H](O)[C@H]1O)[C@H](O)COc1c2occc2cc2ccc(=O)oc12. The van der Waals surface area contributed by atoms with Crippen LogP contribution in [-0.4, -0.2) is 123 Å². The fourth-order valence-electron chi connectivity index (χ4n) is 4.75. The summed E-state index contributed by atoms with van der Waals surface area (Å²) in [6.07, 6.45) is -10.9. The first-order valence-electron chi connectivity index (χ1n) is 13.2. The molecule has 7 N–H and O–H groups in total. The van der Waals surface area contributed by atoms with E-state index in [1.807, 2.05) is 0 Å². The lowest BCUT2D eigenvalue weighted by molar-refractivity contribution is -0.337. The summed E-state index contributed by atoms with van der Waals surface area (Å²) in [4.78, 5) is 11.9. The number of aliphatic hydroxyl groups is 7. The maximum Gasteiger partial charge on any atom is 0.336 e. The highest BCUT2D eigenvalue weighted by Gasteiger charge is 2.51. The van der Waals surface area contributed by atoms with Crippen molar-refractivity contribution in [3.05, 3.63) is 40.9 Å². The van der Waals surface area contributed by atoms with Crippen molar-refractivity contribution in [1.29, 1.82) is 0 Å². The second-order valence-corrected chi connectivity index (χ2v) is 11.0. The van der Waals surface area contributed by atoms with Gasteiger partial charge in [-0.15, -0.1) is 0 Å². The zero-order chi connectivity index (χ0) is 30.4. The lowest BCUT2D eigenvalue weighted by Crippen LogP contribution is -2.62. The topological polar surface area (TPSA) is 231 Å². The highest BCUT2D eigenvalue weighted by molar-refractivity contribution is 5.99. The van der Waals surface area contributed by atoms with Gasteiger partial charge in [-0.2, -0.15) is 0 Å². The predicted octanol–water partition coefficient (Wildman–Crippen LogP) is -1.66. The van der Waals surface area contributed by atoms with Crippen molar-refractivity contribution in [2.75, 3.05) is 26.4 Å². The number of hydrogen-bond donors (Lipinski definition) is 7. The molecule has 2 saturated heterocycles. The van der Waals surface area contributed by atoms with Crippen LogP contribution >= 0.6 is 0 Å². The number of aliphatic hydroxyl groups excluding tert-OH is 6. The summed E-state index contributed by atoms with van der Waals surface area (Å²) < 4.78 is 38.7. The zero-order valence-corrected chi connectivity index (χ0v) is 22.7. The van der Waals surface area contributed by atoms with Gasteiger partial charge in [0.1, 0.15) is 48.8 Å². The summed E-state index contributed by atoms with van der Waals surface area (Å²) in [6, 6.07) is 6.28. The standard InChI is InChI=1S/C27H34O15/c1-26(2,15(29)9-37-22-20-13(5-6-36-20)7-12-3-4-16(30)41-21(12)22)42-24-19(33)18(32)17(31)14(40-24)8-38-25-23(34)27(35,10-28)11-39-25/h3-7,14-15,17-19,23-25,28-29,31-35H,8-11H2,1-2H3/t14-,15-,17-,18+,19-,23+,24+,25-,27-/m1/s1. The van der Waals surface area contributed by atoms with E-state index in [-0.39, 0.29) is 17.9 Å². The molecule has 42 heavy (non-hydrogen) atoms. The first-order valence-corrected chi connectivity index (χ1v) is 13.2. The summed E-state index contributed by atoms with van der Waals surface area (Å²) in [7, 11) is 0. The molecular formula is C27H34O15. The number of furan rings is 1. The molecule has 15 heteroatoms. The Hall–Kier alpha value is -2.67. The van der Waals surface area contributed by atoms with Gasteiger partial charge in [0.2, 0.25) is 5.75 Å². The zero-order valence-electron chi connectivity index (χ0n) is 22.7. The molecular weight excluding hydrogens is 564 g/mol. The van der Waals surface area contributed by atoms with E-state index in [0.717, 1.165) is 0 Å². The molecule has 2 aromatic heterocycles. The van der Waals surface area contributed by atoms with Crippen LogP contribution < -0.4 is 10.4 Å². The van der Waals surface area contributed by atoms with Crippen molar-refractivity contribution in [3.8, 4) is 5.75 Å². The molecule has 2 aliphatic heterocycles. The molecule has 0 radical (unpaired) electrons. The normalized spacial score (nSPS) is 32.9. The van der Waals surface area contributed by atoms with Crippen LogP contribution in [0.4, 0.5) is 0 Å². The lowest BCUT2D eigenvalue weighted by atomic mass is 9.97. The molecule has 0 aliphatic carbocycles. The molecule has 3 aromatic rings. The Kier molecular flexibility index (Phi) is 8.63. The minimum Gasteiger partial charge on any atom is -0.483 e. The van der Waals surface area contributed by atoms with Crippen molar-refractivity contribution in [2.24, 2.45) is 0 Å². The smallest absolute Gasteiger partial charge is 0.336 e. The van der Waals surface area contributed by atoms with E-state index >= 15 is 0 Å². The van der Waals surface area contributed by atoms with E-state index in [4.69, 9.17) is 32.5 Å². The van der Waals surface area contributed by atoms with Crippen LogP contribution in [0, 0.1) is 0 Å². The molecule has 0 amide bonds. The number of ether oxygens (including phenoxy) is 5. The molecule has 5 rings (SSSR count). The van der Waals surface area contributed by atoms with Crippen molar-refractivity contribution in [2.45, 2.75) is 74.3 Å². The summed E-state index contributed by atoms with van der Waals surface area (Å²) >= 11 is 0. The van der Waals surface area contributed by atoms with Crippen molar-refractivity contribution < 1.29 is 68.3 Å². The average Bonchev–Trinajstić information content (AvgIpc) is 3.54. The quantitative estimate of drug-likeness (QED) is 0.129. The molecule has 0 unspecified atom stereocenters. The highest BCUT2D eigenvalue weighted by atomic mass is 16.7. The molecule has 2 fully saturated rings. The van der Waals surface area contributed by atoms with E-state index in [1.165, 1.54) is 26.2 Å². The fraction of sp³-hybridized carbons (Fsp3) is 0.593. The predicted molar refractivity (Wildman–Crippen MR) is 139 cm³/mol. The molecule has 9 atom stereocenters. The van der Waals surface area contributed by atoms with Crippen molar-refractivity contribution >= 4 is 21.9 Å². The van der Waals surface area contributed by atoms with Gasteiger partial charge in [0.15, 0.2) is 23.7 Å². The molecule has 4 heterocycles. The van der Waals surface area contributed by atoms with E-state index in [0.29, 0.717) is 16.4 Å². The maximum atomic E-state index is 11.9. The van der Waals surface area contributed by atoms with Crippen LogP contribution in [0.25, 0.3) is 21.9 Å². The minimum absolute atomic E-state index is 0.0918. The van der Waals surface area contributed by atoms with Gasteiger partial charge in [0.25, 0.3) is 0 Å². The minimum atomic E-state index is -1.93. The number of fused-ring (bicyclic) bond motifs is 2. The van der Waals surface area contributed by atoms with E-state index in [9.17, 15) is 40.5 Å². The fourth-order valence-corrected chi connectivity index (χ4v) is 4.75.